The van der Waals surface area contributed by atoms with Gasteiger partial charge in [0.05, 0.1) is 41.5 Å². The van der Waals surface area contributed by atoms with Gasteiger partial charge in [-0.1, -0.05) is 44.2 Å². The fourth-order valence-corrected chi connectivity index (χ4v) is 10.3. The molecule has 17 nitrogen and oxygen atoms in total. The molecule has 3 aliphatic heterocycles. The minimum absolute atomic E-state index is 0.0964. The van der Waals surface area contributed by atoms with Crippen LogP contribution in [0.3, 0.4) is 0 Å². The molecule has 0 saturated carbocycles. The highest BCUT2D eigenvalue weighted by atomic mass is 127. The van der Waals surface area contributed by atoms with Crippen LogP contribution in [0.5, 0.6) is 0 Å². The van der Waals surface area contributed by atoms with Crippen LogP contribution in [0.1, 0.15) is 87.1 Å². The number of nitrogens with one attached hydrogen (secondary N) is 2. The maximum Gasteiger partial charge on any atom is 0.314 e. The van der Waals surface area contributed by atoms with Crippen molar-refractivity contribution in [3.63, 3.8) is 0 Å². The topological polar surface area (TPSA) is 221 Å². The number of esters is 1. The van der Waals surface area contributed by atoms with Crippen LogP contribution in [-0.2, 0) is 39.6 Å². The molecule has 0 aromatic heterocycles. The van der Waals surface area contributed by atoms with Gasteiger partial charge in [-0.25, -0.2) is 4.79 Å². The summed E-state index contributed by atoms with van der Waals surface area (Å²) in [7, 11) is 5.24. The van der Waals surface area contributed by atoms with Crippen LogP contribution in [0.4, 0.5) is 4.79 Å². The lowest BCUT2D eigenvalue weighted by molar-refractivity contribution is -0.317. The summed E-state index contributed by atoms with van der Waals surface area (Å²) in [5, 5.41) is 65.1. The molecule has 2 amide bonds. The van der Waals surface area contributed by atoms with Crippen LogP contribution in [0, 0.1) is 17.8 Å². The van der Waals surface area contributed by atoms with E-state index in [2.05, 4.69) is 10.6 Å². The van der Waals surface area contributed by atoms with Gasteiger partial charge in [0.25, 0.3) is 0 Å². The summed E-state index contributed by atoms with van der Waals surface area (Å²) in [5.74, 6) is -2.95. The van der Waals surface area contributed by atoms with Gasteiger partial charge in [-0.3, -0.25) is 9.69 Å². The summed E-state index contributed by atoms with van der Waals surface area (Å²) in [4.78, 5) is 31.0. The Morgan fingerprint density at radius 2 is 1.58 bits per heavy atom. The molecule has 18 heteroatoms. The zero-order valence-corrected chi connectivity index (χ0v) is 42.1. The number of halogens is 1. The van der Waals surface area contributed by atoms with Gasteiger partial charge in [0.15, 0.2) is 16.7 Å². The molecule has 4 rings (SSSR count). The van der Waals surface area contributed by atoms with Crippen molar-refractivity contribution in [1.82, 2.24) is 20.4 Å². The number of cyclic esters (lactones) is 1. The van der Waals surface area contributed by atoms with Crippen LogP contribution >= 0.6 is 22.6 Å². The van der Waals surface area contributed by atoms with Crippen molar-refractivity contribution >= 4 is 34.6 Å². The van der Waals surface area contributed by atoms with Crippen molar-refractivity contribution in [2.45, 2.75) is 176 Å². The Morgan fingerprint density at radius 3 is 2.20 bits per heavy atom. The Labute approximate surface area is 394 Å². The van der Waals surface area contributed by atoms with E-state index in [0.29, 0.717) is 25.9 Å². The first kappa shape index (κ1) is 54.8. The van der Waals surface area contributed by atoms with Crippen molar-refractivity contribution in [3.8, 4) is 0 Å². The maximum atomic E-state index is 14.3. The molecule has 64 heavy (non-hydrogen) atoms. The molecule has 0 aliphatic carbocycles. The third-order valence-corrected chi connectivity index (χ3v) is 15.2. The highest BCUT2D eigenvalue weighted by Crippen LogP contribution is 2.40. The molecule has 0 bridgehead atoms. The van der Waals surface area contributed by atoms with E-state index in [0.717, 1.165) is 5.56 Å². The molecule has 3 saturated heterocycles. The number of rotatable bonds is 12. The minimum atomic E-state index is -1.95. The third-order valence-electron chi connectivity index (χ3n) is 13.7. The van der Waals surface area contributed by atoms with E-state index in [1.165, 1.54) is 14.0 Å². The molecule has 1 aromatic rings. The SMILES string of the molecule is CO[C@]1(C)C[C@H](O[C@H]2[C@H](C)[C@@H](O[C@@H]3O[C@H](C)C[C@H](N(C)C)[C@H]3O)[C@](C)(O)C[C@@H](C)CN(CCNC(=O)NCCc3ccccc3)[C@H](C)[C@@H](O)[C@](C)(O)[C@@H](I)OC(=O)[C@@H]2C)O[C@@H](C)[C@@H]1O. The first-order valence-electron chi connectivity index (χ1n) is 22.8. The first-order valence-corrected chi connectivity index (χ1v) is 24.0. The smallest absolute Gasteiger partial charge is 0.314 e. The van der Waals surface area contributed by atoms with Gasteiger partial charge in [0, 0.05) is 57.7 Å². The number of alkyl halides is 1. The zero-order valence-electron chi connectivity index (χ0n) is 40.0. The Balaban J connectivity index is 1.71. The highest BCUT2D eigenvalue weighted by molar-refractivity contribution is 14.1. The van der Waals surface area contributed by atoms with Crippen molar-refractivity contribution in [2.24, 2.45) is 17.8 Å². The number of methoxy groups -OCH3 is 1. The van der Waals surface area contributed by atoms with Gasteiger partial charge in [-0.15, -0.1) is 0 Å². The number of ether oxygens (including phenoxy) is 6. The van der Waals surface area contributed by atoms with Crippen LogP contribution in [-0.4, -0.2) is 183 Å². The number of nitrogens with zero attached hydrogens (tertiary/aromatic N) is 2. The number of benzene rings is 1. The molecule has 368 valence electrons. The van der Waals surface area contributed by atoms with Gasteiger partial charge in [0.1, 0.15) is 23.9 Å². The molecule has 3 fully saturated rings. The molecule has 0 radical (unpaired) electrons. The number of aliphatic hydroxyl groups excluding tert-OH is 3. The van der Waals surface area contributed by atoms with Gasteiger partial charge in [-0.2, -0.15) is 0 Å². The van der Waals surface area contributed by atoms with E-state index >= 15 is 0 Å². The first-order chi connectivity index (χ1) is 29.8. The predicted molar refractivity (Wildman–Crippen MR) is 248 cm³/mol. The average molecular weight is 1020 g/mol. The van der Waals surface area contributed by atoms with Crippen LogP contribution in [0.25, 0.3) is 0 Å². The summed E-state index contributed by atoms with van der Waals surface area (Å²) in [6.45, 7) is 16.7. The Bertz CT molecular complexity index is 1610. The predicted octanol–water partition coefficient (Wildman–Crippen LogP) is 2.80. The quantitative estimate of drug-likeness (QED) is 0.0910. The second kappa shape index (κ2) is 23.5. The number of aliphatic hydroxyl groups is 5. The molecule has 7 N–H and O–H groups in total. The van der Waals surface area contributed by atoms with Gasteiger partial charge >= 0.3 is 12.0 Å². The Morgan fingerprint density at radius 1 is 0.938 bits per heavy atom. The summed E-state index contributed by atoms with van der Waals surface area (Å²) in [6, 6.07) is 8.44. The van der Waals surface area contributed by atoms with Crippen LogP contribution < -0.4 is 10.6 Å². The number of amides is 2. The number of carbonyl (C=O) groups excluding carboxylic acids is 2. The second-order valence-electron chi connectivity index (χ2n) is 19.6. The van der Waals surface area contributed by atoms with E-state index in [9.17, 15) is 35.1 Å². The number of hydrogen-bond acceptors (Lipinski definition) is 15. The van der Waals surface area contributed by atoms with Gasteiger partial charge in [-0.05, 0) is 116 Å². The van der Waals surface area contributed by atoms with Crippen LogP contribution in [0.15, 0.2) is 30.3 Å². The number of carbonyl (C=O) groups is 2. The van der Waals surface area contributed by atoms with Gasteiger partial charge in [0.2, 0.25) is 0 Å². The van der Waals surface area contributed by atoms with Crippen LogP contribution in [0.2, 0.25) is 0 Å². The molecule has 18 atom stereocenters. The lowest BCUT2D eigenvalue weighted by Gasteiger charge is -2.48. The molecule has 3 heterocycles. The minimum Gasteiger partial charge on any atom is -0.448 e. The lowest BCUT2D eigenvalue weighted by atomic mass is 9.77. The normalized spacial score (nSPS) is 42.3. The Hall–Kier alpha value is -1.79. The van der Waals surface area contributed by atoms with E-state index in [-0.39, 0.29) is 50.0 Å². The molecule has 0 unspecified atom stereocenters. The maximum absolute atomic E-state index is 14.3. The summed E-state index contributed by atoms with van der Waals surface area (Å²) >= 11 is 1.81. The zero-order chi connectivity index (χ0) is 47.9. The Kier molecular flexibility index (Phi) is 20.1. The summed E-state index contributed by atoms with van der Waals surface area (Å²) in [5.41, 5.74) is -3.58. The molecule has 3 aliphatic rings. The monoisotopic (exact) mass is 1020 g/mol. The number of likely N-dealkylation sites (N-methyl/N-ethyl adjacent to an activating group) is 1. The highest BCUT2D eigenvalue weighted by Gasteiger charge is 2.53. The van der Waals surface area contributed by atoms with E-state index in [1.807, 2.05) is 90.7 Å². The number of hydrogen-bond donors (Lipinski definition) is 7. The standard InChI is InChI=1S/C46H79IN4O13/c1-26-23-44(7,57)39(63-41-35(52)33(50(10)11)22-27(2)60-41)28(3)36(62-34-24-45(8,59-12)38(54)31(6)61-34)29(4)40(55)64-42(47)46(9,58)37(53)30(5)51(25-26)21-20-49-43(56)48-19-18-32-16-14-13-15-17-32/h13-17,26-31,33-39,41-42,52-54,57-58H,18-25H2,1-12H3,(H2,48,49,56)/t26-,27-,28+,29-,30-,31+,33+,34+,35-,36+,37-,38+,39-,41+,42+,44-,45-,46+/m1/s1. The number of urea groups is 1. The third kappa shape index (κ3) is 13.9. The lowest BCUT2D eigenvalue weighted by Crippen LogP contribution is -2.60. The molecular weight excluding hydrogens is 943 g/mol. The summed E-state index contributed by atoms with van der Waals surface area (Å²) < 4.78 is 36.5. The average Bonchev–Trinajstić information content (AvgIpc) is 3.22. The fraction of sp³-hybridized carbons (Fsp3) is 0.826. The van der Waals surface area contributed by atoms with Gasteiger partial charge < -0.3 is 69.5 Å². The molecule has 0 spiro atoms. The molecular formula is C46H79IN4O13. The van der Waals surface area contributed by atoms with Crippen molar-refractivity contribution in [2.75, 3.05) is 47.4 Å². The second-order valence-corrected chi connectivity index (χ2v) is 20.7. The fourth-order valence-electron chi connectivity index (χ4n) is 9.65. The van der Waals surface area contributed by atoms with E-state index in [1.54, 1.807) is 41.5 Å². The summed E-state index contributed by atoms with van der Waals surface area (Å²) in [6.07, 6.45) is -7.46. The molecule has 1 aromatic carbocycles. The van der Waals surface area contributed by atoms with E-state index < -0.39 is 94.0 Å². The largest absolute Gasteiger partial charge is 0.448 e. The van der Waals surface area contributed by atoms with Crippen molar-refractivity contribution < 1.29 is 63.5 Å². The van der Waals surface area contributed by atoms with E-state index in [4.69, 9.17) is 28.4 Å². The van der Waals surface area contributed by atoms with Crippen molar-refractivity contribution in [1.29, 1.82) is 0 Å². The van der Waals surface area contributed by atoms with Crippen molar-refractivity contribution in [3.05, 3.63) is 35.9 Å².